The van der Waals surface area contributed by atoms with Crippen LogP contribution in [0.5, 0.6) is 0 Å². The van der Waals surface area contributed by atoms with Gasteiger partial charge in [-0.1, -0.05) is 119 Å². The van der Waals surface area contributed by atoms with Gasteiger partial charge in [-0.05, 0) is 87.4 Å². The van der Waals surface area contributed by atoms with Gasteiger partial charge in [-0.2, -0.15) is 0 Å². The molecule has 3 heterocycles. The summed E-state index contributed by atoms with van der Waals surface area (Å²) in [5.74, 6) is 1.19. The number of hydrogen-bond donors (Lipinski definition) is 0. The molecular weight excluding hydrogens is 599 g/mol. The van der Waals surface area contributed by atoms with Gasteiger partial charge in [-0.3, -0.25) is 4.57 Å². The van der Waals surface area contributed by atoms with Crippen molar-refractivity contribution in [2.75, 3.05) is 0 Å². The molecule has 0 bridgehead atoms. The minimum atomic E-state index is -2.45. The predicted octanol–water partition coefficient (Wildman–Crippen LogP) is 12.5. The van der Waals surface area contributed by atoms with E-state index in [0.717, 1.165) is 55.0 Å². The second-order valence-corrected chi connectivity index (χ2v) is 13.6. The van der Waals surface area contributed by atoms with Crippen molar-refractivity contribution < 1.29 is 8.53 Å². The third-order valence-corrected chi connectivity index (χ3v) is 9.89. The summed E-state index contributed by atoms with van der Waals surface area (Å²) in [7, 11) is 0. The molecule has 4 heteroatoms. The van der Waals surface area contributed by atoms with Gasteiger partial charge < -0.3 is 4.42 Å². The largest absolute Gasteiger partial charge is 0.437 e. The molecule has 238 valence electrons. The van der Waals surface area contributed by atoms with E-state index in [2.05, 4.69) is 92.9 Å². The highest BCUT2D eigenvalue weighted by Gasteiger charge is 2.26. The normalized spacial score (nSPS) is 13.3. The van der Waals surface area contributed by atoms with Gasteiger partial charge in [0.2, 0.25) is 5.71 Å². The number of pyridine rings is 1. The Labute approximate surface area is 289 Å². The second kappa shape index (κ2) is 11.2. The number of fused-ring (bicyclic) bond motifs is 8. The van der Waals surface area contributed by atoms with Gasteiger partial charge in [-0.25, -0.2) is 9.97 Å². The highest BCUT2D eigenvalue weighted by atomic mass is 16.3. The van der Waals surface area contributed by atoms with Gasteiger partial charge in [-0.15, -0.1) is 0 Å². The van der Waals surface area contributed by atoms with Gasteiger partial charge in [0.15, 0.2) is 0 Å². The van der Waals surface area contributed by atoms with E-state index >= 15 is 0 Å². The Balaban J connectivity index is 1.39. The number of rotatable bonds is 5. The van der Waals surface area contributed by atoms with Crippen LogP contribution >= 0.6 is 0 Å². The number of nitrogens with zero attached hydrogens (tertiary/aromatic N) is 3. The molecule has 0 fully saturated rings. The summed E-state index contributed by atoms with van der Waals surface area (Å²) in [5, 5.41) is 4.92. The fourth-order valence-electron chi connectivity index (χ4n) is 7.56. The van der Waals surface area contributed by atoms with Crippen LogP contribution in [0, 0.1) is 6.85 Å². The van der Waals surface area contributed by atoms with Crippen LogP contribution in [-0.2, 0) is 0 Å². The Morgan fingerprint density at radius 1 is 0.633 bits per heavy atom. The van der Waals surface area contributed by atoms with E-state index in [4.69, 9.17) is 18.5 Å². The summed E-state index contributed by atoms with van der Waals surface area (Å²) in [5.41, 5.74) is 9.62. The minimum absolute atomic E-state index is 0.0429. The van der Waals surface area contributed by atoms with Crippen molar-refractivity contribution in [3.05, 3.63) is 138 Å². The molecule has 0 N–H and O–H groups in total. The zero-order valence-electron chi connectivity index (χ0n) is 31.0. The van der Waals surface area contributed by atoms with Gasteiger partial charge in [0, 0.05) is 20.6 Å². The Bertz CT molecular complexity index is 2820. The van der Waals surface area contributed by atoms with E-state index in [-0.39, 0.29) is 17.5 Å². The highest BCUT2D eigenvalue weighted by Crippen LogP contribution is 2.44. The molecule has 3 aromatic heterocycles. The maximum atomic E-state index is 8.50. The Hall–Kier alpha value is -5.74. The van der Waals surface area contributed by atoms with Gasteiger partial charge in [0.25, 0.3) is 0 Å². The quantitative estimate of drug-likeness (QED) is 0.176. The first kappa shape index (κ1) is 26.2. The summed E-state index contributed by atoms with van der Waals surface area (Å²) in [4.78, 5) is 10.1. The Morgan fingerprint density at radius 2 is 1.35 bits per heavy atom. The van der Waals surface area contributed by atoms with Gasteiger partial charge >= 0.3 is 0 Å². The van der Waals surface area contributed by atoms with Crippen LogP contribution in [0.3, 0.4) is 0 Å². The van der Waals surface area contributed by atoms with E-state index < -0.39 is 6.85 Å². The molecule has 0 saturated carbocycles. The van der Waals surface area contributed by atoms with E-state index in [1.807, 2.05) is 60.7 Å². The first-order chi connectivity index (χ1) is 25.1. The topological polar surface area (TPSA) is 43.9 Å². The first-order valence-electron chi connectivity index (χ1n) is 18.5. The number of benzene rings is 6. The van der Waals surface area contributed by atoms with Crippen molar-refractivity contribution in [2.24, 2.45) is 0 Å². The van der Waals surface area contributed by atoms with Crippen molar-refractivity contribution in [3.8, 4) is 28.2 Å². The minimum Gasteiger partial charge on any atom is -0.437 e. The molecule has 0 unspecified atom stereocenters. The lowest BCUT2D eigenvalue weighted by Gasteiger charge is -2.24. The standard InChI is InChI=1S/C45H37N3O/c1-26(2)36-24-31(29-14-7-6-8-15-29)25-37(27(3)4)42(36)48-39-21-12-11-20-38(39)47-44(48)35-19-13-18-34-41-33-23-22-30-16-9-10-17-32(30)40(33)28(5)46-45(41)49-43(34)35/h6-27H,1-5H3/i5D3. The molecule has 0 amide bonds. The molecule has 0 spiro atoms. The smallest absolute Gasteiger partial charge is 0.228 e. The predicted molar refractivity (Wildman–Crippen MR) is 205 cm³/mol. The number of aryl methyl sites for hydroxylation is 1. The lowest BCUT2D eigenvalue weighted by Crippen LogP contribution is -2.09. The molecule has 0 aliphatic carbocycles. The number of para-hydroxylation sites is 3. The highest BCUT2D eigenvalue weighted by molar-refractivity contribution is 6.24. The molecule has 4 nitrogen and oxygen atoms in total. The van der Waals surface area contributed by atoms with Gasteiger partial charge in [0.05, 0.1) is 27.7 Å². The fraction of sp³-hybridized carbons (Fsp3) is 0.156. The number of furan rings is 1. The van der Waals surface area contributed by atoms with Crippen molar-refractivity contribution in [2.45, 2.75) is 46.4 Å². The Kier molecular flexibility index (Phi) is 5.98. The summed E-state index contributed by atoms with van der Waals surface area (Å²) in [6.45, 7) is 6.55. The molecule has 0 aliphatic heterocycles. The zero-order valence-corrected chi connectivity index (χ0v) is 28.0. The third kappa shape index (κ3) is 4.51. The summed E-state index contributed by atoms with van der Waals surface area (Å²) in [6.07, 6.45) is 0. The van der Waals surface area contributed by atoms with Crippen LogP contribution in [-0.4, -0.2) is 14.5 Å². The van der Waals surface area contributed by atoms with E-state index in [9.17, 15) is 0 Å². The third-order valence-electron chi connectivity index (χ3n) is 9.89. The van der Waals surface area contributed by atoms with Crippen molar-refractivity contribution in [1.82, 2.24) is 14.5 Å². The summed E-state index contributed by atoms with van der Waals surface area (Å²) in [6, 6.07) is 41.5. The second-order valence-electron chi connectivity index (χ2n) is 13.6. The number of imidazole rings is 1. The SMILES string of the molecule is [2H]C([2H])([2H])c1nc2oc3c(-c4nc5ccccc5n4-c4c(C(C)C)cc(-c5ccccc5)cc4C(C)C)cccc3c2c2ccc3ccccc3c12. The lowest BCUT2D eigenvalue weighted by molar-refractivity contribution is 0.654. The molecule has 0 atom stereocenters. The van der Waals surface area contributed by atoms with Crippen LogP contribution in [0.25, 0.3) is 82.8 Å². The van der Waals surface area contributed by atoms with Crippen LogP contribution in [0.1, 0.15) is 60.5 Å². The van der Waals surface area contributed by atoms with Crippen molar-refractivity contribution >= 4 is 54.6 Å². The van der Waals surface area contributed by atoms with Crippen LogP contribution in [0.2, 0.25) is 0 Å². The van der Waals surface area contributed by atoms with Crippen molar-refractivity contribution in [1.29, 1.82) is 0 Å². The lowest BCUT2D eigenvalue weighted by atomic mass is 9.88. The maximum Gasteiger partial charge on any atom is 0.228 e. The maximum absolute atomic E-state index is 8.50. The molecule has 6 aromatic carbocycles. The fourth-order valence-corrected chi connectivity index (χ4v) is 7.56. The van der Waals surface area contributed by atoms with Crippen LogP contribution in [0.4, 0.5) is 0 Å². The van der Waals surface area contributed by atoms with Crippen molar-refractivity contribution in [3.63, 3.8) is 0 Å². The monoisotopic (exact) mass is 638 g/mol. The first-order valence-corrected chi connectivity index (χ1v) is 17.0. The Morgan fingerprint density at radius 3 is 2.12 bits per heavy atom. The van der Waals surface area contributed by atoms with Crippen LogP contribution in [0.15, 0.2) is 126 Å². The zero-order chi connectivity index (χ0) is 35.9. The van der Waals surface area contributed by atoms with E-state index in [1.165, 1.54) is 22.3 Å². The van der Waals surface area contributed by atoms with Gasteiger partial charge in [0.1, 0.15) is 11.4 Å². The summed E-state index contributed by atoms with van der Waals surface area (Å²) >= 11 is 0. The molecule has 0 radical (unpaired) electrons. The average Bonchev–Trinajstić information content (AvgIpc) is 3.72. The molecule has 0 aliphatic rings. The van der Waals surface area contributed by atoms with E-state index in [0.29, 0.717) is 16.7 Å². The average molecular weight is 639 g/mol. The molecule has 9 rings (SSSR count). The van der Waals surface area contributed by atoms with Crippen LogP contribution < -0.4 is 0 Å². The number of aromatic nitrogens is 3. The summed E-state index contributed by atoms with van der Waals surface area (Å²) < 4.78 is 34.5. The molecule has 49 heavy (non-hydrogen) atoms. The number of hydrogen-bond acceptors (Lipinski definition) is 3. The van der Waals surface area contributed by atoms with E-state index in [1.54, 1.807) is 0 Å². The molecule has 0 saturated heterocycles. The molecular formula is C45H37N3O. The molecule has 9 aromatic rings.